The number of nitrogens with zero attached hydrogens (tertiary/aromatic N) is 2. The van der Waals surface area contributed by atoms with Crippen LogP contribution in [-0.4, -0.2) is 34.4 Å². The number of fused-ring (bicyclic) bond motifs is 1. The predicted octanol–water partition coefficient (Wildman–Crippen LogP) is 3.21. The molecule has 1 aromatic heterocycles. The minimum atomic E-state index is -0.0367. The number of rotatable bonds is 4. The van der Waals surface area contributed by atoms with Gasteiger partial charge in [-0.3, -0.25) is 0 Å². The summed E-state index contributed by atoms with van der Waals surface area (Å²) >= 11 is 0. The lowest BCUT2D eigenvalue weighted by atomic mass is 10.0. The molecule has 0 aliphatic carbocycles. The van der Waals surface area contributed by atoms with Crippen molar-refractivity contribution in [2.45, 2.75) is 6.42 Å². The second kappa shape index (κ2) is 8.85. The summed E-state index contributed by atoms with van der Waals surface area (Å²) in [4.78, 5) is 8.01. The van der Waals surface area contributed by atoms with Gasteiger partial charge in [0.1, 0.15) is 17.3 Å². The van der Waals surface area contributed by atoms with E-state index in [1.54, 1.807) is 31.5 Å². The van der Waals surface area contributed by atoms with Crippen LogP contribution in [0.25, 0.3) is 10.8 Å². The van der Waals surface area contributed by atoms with E-state index in [0.717, 1.165) is 10.9 Å². The van der Waals surface area contributed by atoms with Crippen molar-refractivity contribution in [2.24, 2.45) is 0 Å². The zero-order chi connectivity index (χ0) is 23.5. The summed E-state index contributed by atoms with van der Waals surface area (Å²) < 4.78 is 11.0. The average molecular weight is 442 g/mol. The first-order valence-electron chi connectivity index (χ1n) is 9.98. The zero-order valence-electron chi connectivity index (χ0n) is 18.1. The van der Waals surface area contributed by atoms with Gasteiger partial charge in [0.05, 0.1) is 25.3 Å². The van der Waals surface area contributed by atoms with E-state index in [-0.39, 0.29) is 17.4 Å². The van der Waals surface area contributed by atoms with Gasteiger partial charge < -0.3 is 31.2 Å². The van der Waals surface area contributed by atoms with Gasteiger partial charge in [0.25, 0.3) is 0 Å². The summed E-state index contributed by atoms with van der Waals surface area (Å²) in [5, 5.41) is 21.7. The largest absolute Gasteiger partial charge is 0.507 e. The molecule has 0 bridgehead atoms. The topological polar surface area (TPSA) is 137 Å². The highest BCUT2D eigenvalue weighted by molar-refractivity contribution is 5.90. The number of hydrogen-bond donors (Lipinski definition) is 4. The fraction of sp³-hybridized carbons (Fsp3) is 0.120. The van der Waals surface area contributed by atoms with Crippen molar-refractivity contribution in [3.05, 3.63) is 70.9 Å². The maximum atomic E-state index is 10.4. The van der Waals surface area contributed by atoms with Crippen molar-refractivity contribution in [1.29, 1.82) is 0 Å². The van der Waals surface area contributed by atoms with E-state index < -0.39 is 0 Å². The second-order valence-electron chi connectivity index (χ2n) is 7.31. The molecule has 3 aromatic carbocycles. The Balaban J connectivity index is 1.78. The van der Waals surface area contributed by atoms with Crippen LogP contribution in [0.5, 0.6) is 23.0 Å². The molecule has 8 heteroatoms. The molecule has 166 valence electrons. The molecule has 33 heavy (non-hydrogen) atoms. The molecule has 4 rings (SSSR count). The van der Waals surface area contributed by atoms with Gasteiger partial charge in [-0.05, 0) is 41.3 Å². The molecule has 0 fully saturated rings. The zero-order valence-corrected chi connectivity index (χ0v) is 18.1. The molecule has 0 spiro atoms. The number of benzene rings is 3. The Labute approximate surface area is 190 Å². The van der Waals surface area contributed by atoms with Gasteiger partial charge in [-0.2, -0.15) is 4.98 Å². The van der Waals surface area contributed by atoms with E-state index in [9.17, 15) is 10.2 Å². The highest BCUT2D eigenvalue weighted by Crippen LogP contribution is 2.34. The van der Waals surface area contributed by atoms with Gasteiger partial charge in [0.15, 0.2) is 11.5 Å². The lowest BCUT2D eigenvalue weighted by molar-refractivity contribution is 0.354. The van der Waals surface area contributed by atoms with Crippen LogP contribution in [0.1, 0.15) is 22.3 Å². The Hall–Kier alpha value is -4.64. The normalized spacial score (nSPS) is 10.5. The average Bonchev–Trinajstić information content (AvgIpc) is 2.79. The summed E-state index contributed by atoms with van der Waals surface area (Å²) in [5.41, 5.74) is 14.1. The van der Waals surface area contributed by atoms with E-state index in [2.05, 4.69) is 21.8 Å². The van der Waals surface area contributed by atoms with Crippen LogP contribution in [-0.2, 0) is 6.42 Å². The van der Waals surface area contributed by atoms with Crippen LogP contribution in [0.4, 0.5) is 11.8 Å². The number of hydrogen-bond acceptors (Lipinski definition) is 8. The van der Waals surface area contributed by atoms with Crippen LogP contribution >= 0.6 is 0 Å². The van der Waals surface area contributed by atoms with Crippen molar-refractivity contribution in [2.75, 3.05) is 25.7 Å². The number of aromatic nitrogens is 2. The molecule has 0 amide bonds. The SMILES string of the molecule is COc1cc(Cc2cnc(N)nc2N)cc(C#Cc2cc3cccc(O)c3cc2O)c1OC. The smallest absolute Gasteiger partial charge is 0.221 e. The Morgan fingerprint density at radius 2 is 1.73 bits per heavy atom. The first-order chi connectivity index (χ1) is 15.9. The molecular weight excluding hydrogens is 420 g/mol. The van der Waals surface area contributed by atoms with Gasteiger partial charge in [0.2, 0.25) is 5.95 Å². The van der Waals surface area contributed by atoms with Crippen molar-refractivity contribution in [3.8, 4) is 34.8 Å². The minimum Gasteiger partial charge on any atom is -0.507 e. The number of phenols is 2. The molecule has 6 N–H and O–H groups in total. The van der Waals surface area contributed by atoms with E-state index in [1.807, 2.05) is 18.2 Å². The first-order valence-corrected chi connectivity index (χ1v) is 9.98. The molecule has 0 aliphatic heterocycles. The molecule has 0 saturated heterocycles. The summed E-state index contributed by atoms with van der Waals surface area (Å²) in [5.74, 6) is 7.49. The maximum Gasteiger partial charge on any atom is 0.221 e. The summed E-state index contributed by atoms with van der Waals surface area (Å²) in [6.07, 6.45) is 2.02. The Morgan fingerprint density at radius 1 is 0.939 bits per heavy atom. The molecular formula is C25H22N4O4. The number of anilines is 2. The van der Waals surface area contributed by atoms with Gasteiger partial charge in [-0.15, -0.1) is 0 Å². The fourth-order valence-corrected chi connectivity index (χ4v) is 3.54. The molecule has 0 atom stereocenters. The van der Waals surface area contributed by atoms with Crippen LogP contribution < -0.4 is 20.9 Å². The summed E-state index contributed by atoms with van der Waals surface area (Å²) in [6, 6.07) is 12.0. The van der Waals surface area contributed by atoms with Gasteiger partial charge in [0, 0.05) is 23.6 Å². The summed E-state index contributed by atoms with van der Waals surface area (Å²) in [6.45, 7) is 0. The van der Waals surface area contributed by atoms with E-state index in [0.29, 0.717) is 45.8 Å². The lowest BCUT2D eigenvalue weighted by Crippen LogP contribution is -2.04. The van der Waals surface area contributed by atoms with E-state index in [4.69, 9.17) is 20.9 Å². The van der Waals surface area contributed by atoms with Crippen molar-refractivity contribution in [3.63, 3.8) is 0 Å². The van der Waals surface area contributed by atoms with Crippen LogP contribution in [0.15, 0.2) is 48.7 Å². The Kier molecular flexibility index (Phi) is 5.79. The second-order valence-corrected chi connectivity index (χ2v) is 7.31. The molecule has 4 aromatic rings. The molecule has 0 aliphatic rings. The first kappa shape index (κ1) is 21.6. The highest BCUT2D eigenvalue weighted by Gasteiger charge is 2.13. The monoisotopic (exact) mass is 442 g/mol. The fourth-order valence-electron chi connectivity index (χ4n) is 3.54. The number of phenolic OH excluding ortho intramolecular Hbond substituents is 2. The number of methoxy groups -OCH3 is 2. The minimum absolute atomic E-state index is 0.0367. The third-order valence-electron chi connectivity index (χ3n) is 5.16. The van der Waals surface area contributed by atoms with Gasteiger partial charge in [-0.25, -0.2) is 4.98 Å². The maximum absolute atomic E-state index is 10.4. The molecule has 1 heterocycles. The lowest BCUT2D eigenvalue weighted by Gasteiger charge is -2.13. The third-order valence-corrected chi connectivity index (χ3v) is 5.16. The Morgan fingerprint density at radius 3 is 2.45 bits per heavy atom. The van der Waals surface area contributed by atoms with E-state index >= 15 is 0 Å². The van der Waals surface area contributed by atoms with Crippen molar-refractivity contribution >= 4 is 22.5 Å². The van der Waals surface area contributed by atoms with Crippen LogP contribution in [0.3, 0.4) is 0 Å². The molecule has 0 unspecified atom stereocenters. The van der Waals surface area contributed by atoms with Crippen molar-refractivity contribution in [1.82, 2.24) is 9.97 Å². The van der Waals surface area contributed by atoms with Crippen LogP contribution in [0.2, 0.25) is 0 Å². The van der Waals surface area contributed by atoms with Crippen LogP contribution in [0, 0.1) is 11.8 Å². The number of aromatic hydroxyl groups is 2. The van der Waals surface area contributed by atoms with Gasteiger partial charge in [-0.1, -0.05) is 24.0 Å². The molecule has 0 radical (unpaired) electrons. The summed E-state index contributed by atoms with van der Waals surface area (Å²) in [7, 11) is 3.08. The highest BCUT2D eigenvalue weighted by atomic mass is 16.5. The molecule has 8 nitrogen and oxygen atoms in total. The number of nitrogens with two attached hydrogens (primary N) is 2. The standard InChI is InChI=1S/C25H22N4O4/c1-32-22-10-14(9-18-13-28-25(27)29-24(18)26)8-17(23(22)33-2)7-6-16-11-15-4-3-5-20(30)19(15)12-21(16)31/h3-5,8,10-13,30-31H,9H2,1-2H3,(H4,26,27,28,29). The predicted molar refractivity (Wildman–Crippen MR) is 126 cm³/mol. The number of nitrogen functional groups attached to an aromatic ring is 2. The number of ether oxygens (including phenoxy) is 2. The Bertz CT molecular complexity index is 1420. The third kappa shape index (κ3) is 4.38. The van der Waals surface area contributed by atoms with Gasteiger partial charge >= 0.3 is 0 Å². The molecule has 0 saturated carbocycles. The van der Waals surface area contributed by atoms with E-state index in [1.165, 1.54) is 13.2 Å². The quantitative estimate of drug-likeness (QED) is 0.354. The van der Waals surface area contributed by atoms with Crippen molar-refractivity contribution < 1.29 is 19.7 Å².